The van der Waals surface area contributed by atoms with Gasteiger partial charge in [-0.25, -0.2) is 27.6 Å². The van der Waals surface area contributed by atoms with E-state index in [1.54, 1.807) is 9.80 Å². The molecule has 1 aromatic rings. The Kier molecular flexibility index (Phi) is 9.63. The van der Waals surface area contributed by atoms with Crippen molar-refractivity contribution in [2.75, 3.05) is 26.7 Å². The summed E-state index contributed by atoms with van der Waals surface area (Å²) in [5.41, 5.74) is 5.89. The van der Waals surface area contributed by atoms with Gasteiger partial charge in [0, 0.05) is 56.2 Å². The lowest BCUT2D eigenvalue weighted by Crippen LogP contribution is -2.43. The normalized spacial score (nSPS) is 19.7. The van der Waals surface area contributed by atoms with Gasteiger partial charge in [-0.1, -0.05) is 0 Å². The molecule has 2 aliphatic heterocycles. The first-order valence-corrected chi connectivity index (χ1v) is 10.6. The van der Waals surface area contributed by atoms with Crippen LogP contribution in [0.3, 0.4) is 0 Å². The van der Waals surface area contributed by atoms with Crippen molar-refractivity contribution >= 4 is 23.9 Å². The molecule has 2 heterocycles. The van der Waals surface area contributed by atoms with Crippen LogP contribution >= 0.6 is 0 Å². The van der Waals surface area contributed by atoms with Crippen LogP contribution < -0.4 is 5.73 Å². The number of halogens is 3. The molecule has 1 aromatic carbocycles. The van der Waals surface area contributed by atoms with Gasteiger partial charge in [-0.15, -0.1) is 0 Å². The molecule has 2 aliphatic rings. The number of fused-ring (bicyclic) bond motifs is 1. The number of nitrogens with zero attached hydrogens (tertiary/aromatic N) is 2. The minimum atomic E-state index is -1.26. The molecule has 4 N–H and O–H groups in total. The summed E-state index contributed by atoms with van der Waals surface area (Å²) in [5.74, 6) is -5.80. The van der Waals surface area contributed by atoms with Crippen LogP contribution in [0.2, 0.25) is 0 Å². The Hall–Kier alpha value is -3.61. The van der Waals surface area contributed by atoms with Crippen molar-refractivity contribution < 1.29 is 47.3 Å². The fraction of sp³-hybridized carbons (Fsp3) is 0.455. The van der Waals surface area contributed by atoms with Crippen molar-refractivity contribution in [2.45, 2.75) is 31.3 Å². The fourth-order valence-corrected chi connectivity index (χ4v) is 4.11. The average molecular weight is 501 g/mol. The van der Waals surface area contributed by atoms with Crippen LogP contribution in [0.15, 0.2) is 24.3 Å². The number of benzene rings is 1. The average Bonchev–Trinajstić information content (AvgIpc) is 3.37. The molecule has 35 heavy (non-hydrogen) atoms. The lowest BCUT2D eigenvalue weighted by molar-refractivity contribution is -0.134. The van der Waals surface area contributed by atoms with Crippen LogP contribution in [0.1, 0.15) is 18.4 Å². The summed E-state index contributed by atoms with van der Waals surface area (Å²) in [6, 6.07) is 0.439. The molecule has 192 valence electrons. The van der Waals surface area contributed by atoms with E-state index >= 15 is 0 Å². The zero-order chi connectivity index (χ0) is 26.3. The van der Waals surface area contributed by atoms with E-state index < -0.39 is 41.5 Å². The summed E-state index contributed by atoms with van der Waals surface area (Å²) in [6.07, 6.45) is 1.37. The van der Waals surface area contributed by atoms with Crippen molar-refractivity contribution in [2.24, 2.45) is 11.7 Å². The summed E-state index contributed by atoms with van der Waals surface area (Å²) in [5, 5.41) is 15.6. The lowest BCUT2D eigenvalue weighted by Gasteiger charge is -2.26. The van der Waals surface area contributed by atoms with Gasteiger partial charge in [-0.3, -0.25) is 4.79 Å². The van der Waals surface area contributed by atoms with Crippen LogP contribution in [-0.2, 0) is 25.5 Å². The molecule has 2 amide bonds. The van der Waals surface area contributed by atoms with Gasteiger partial charge in [0.2, 0.25) is 5.91 Å². The Morgan fingerprint density at radius 2 is 1.69 bits per heavy atom. The first-order chi connectivity index (χ1) is 16.4. The number of ether oxygens (including phenoxy) is 1. The Labute approximate surface area is 198 Å². The van der Waals surface area contributed by atoms with E-state index in [-0.39, 0.29) is 36.3 Å². The lowest BCUT2D eigenvalue weighted by atomic mass is 10.0. The van der Waals surface area contributed by atoms with Crippen LogP contribution in [0.25, 0.3) is 0 Å². The van der Waals surface area contributed by atoms with Gasteiger partial charge >= 0.3 is 18.0 Å². The second-order valence-corrected chi connectivity index (χ2v) is 8.11. The maximum atomic E-state index is 13.8. The van der Waals surface area contributed by atoms with Gasteiger partial charge in [-0.2, -0.15) is 0 Å². The number of nitrogens with two attached hydrogens (primary N) is 1. The summed E-state index contributed by atoms with van der Waals surface area (Å²) in [7, 11) is 1.32. The van der Waals surface area contributed by atoms with Gasteiger partial charge < -0.3 is 30.5 Å². The second-order valence-electron chi connectivity index (χ2n) is 8.11. The van der Waals surface area contributed by atoms with E-state index in [1.807, 2.05) is 0 Å². The maximum absolute atomic E-state index is 13.8. The highest BCUT2D eigenvalue weighted by atomic mass is 19.2. The molecular weight excluding hydrogens is 475 g/mol. The molecule has 13 heteroatoms. The summed E-state index contributed by atoms with van der Waals surface area (Å²) in [4.78, 5) is 46.7. The van der Waals surface area contributed by atoms with Crippen molar-refractivity contribution in [3.63, 3.8) is 0 Å². The number of methoxy groups -OCH3 is 1. The molecule has 0 aromatic heterocycles. The number of carbonyl (C=O) groups excluding carboxylic acids is 2. The van der Waals surface area contributed by atoms with Crippen LogP contribution in [0.4, 0.5) is 18.0 Å². The van der Waals surface area contributed by atoms with Gasteiger partial charge in [-0.05, 0) is 24.5 Å². The van der Waals surface area contributed by atoms with Crippen LogP contribution in [-0.4, -0.2) is 82.8 Å². The van der Waals surface area contributed by atoms with Crippen molar-refractivity contribution in [3.8, 4) is 0 Å². The second kappa shape index (κ2) is 12.2. The Morgan fingerprint density at radius 3 is 2.26 bits per heavy atom. The highest BCUT2D eigenvalue weighted by molar-refractivity contribution is 5.89. The molecule has 3 atom stereocenters. The summed E-state index contributed by atoms with van der Waals surface area (Å²) >= 11 is 0. The van der Waals surface area contributed by atoms with Crippen LogP contribution in [0.5, 0.6) is 0 Å². The number of carboxylic acids is 2. The van der Waals surface area contributed by atoms with Gasteiger partial charge in [0.25, 0.3) is 0 Å². The standard InChI is InChI=1S/C18H22F3N3O3.C4H4O4/c1-27-18(26)23-8-10-2-3-24(16(10)9-23)17(25)6-12(22)4-11-5-14(20)15(21)7-13(11)19;5-3(6)1-2-4(7)8/h5,7,10,12,16H,2-4,6,8-9,22H2,1H3;1-2H,(H,5,6)(H,7,8)/b;2-1+/t10-,12+,16+;/m0./s1. The van der Waals surface area contributed by atoms with Crippen LogP contribution in [0, 0.1) is 23.4 Å². The third-order valence-electron chi connectivity index (χ3n) is 5.68. The molecule has 3 rings (SSSR count). The topological polar surface area (TPSA) is 150 Å². The minimum absolute atomic E-state index is 0.0418. The first kappa shape index (κ1) is 27.6. The van der Waals surface area contributed by atoms with E-state index in [2.05, 4.69) is 0 Å². The van der Waals surface area contributed by atoms with E-state index in [0.29, 0.717) is 37.9 Å². The van der Waals surface area contributed by atoms with Crippen molar-refractivity contribution in [1.29, 1.82) is 0 Å². The molecule has 10 nitrogen and oxygen atoms in total. The number of hydrogen-bond donors (Lipinski definition) is 3. The van der Waals surface area contributed by atoms with Crippen molar-refractivity contribution in [1.82, 2.24) is 9.80 Å². The Balaban J connectivity index is 0.000000466. The predicted octanol–water partition coefficient (Wildman–Crippen LogP) is 1.37. The minimum Gasteiger partial charge on any atom is -0.478 e. The molecule has 0 unspecified atom stereocenters. The third-order valence-corrected chi connectivity index (χ3v) is 5.68. The van der Waals surface area contributed by atoms with Crippen molar-refractivity contribution in [3.05, 3.63) is 47.3 Å². The Bertz CT molecular complexity index is 989. The molecular formula is C22H26F3N3O7. The van der Waals surface area contributed by atoms with Gasteiger partial charge in [0.15, 0.2) is 11.6 Å². The third kappa shape index (κ3) is 7.70. The Morgan fingerprint density at radius 1 is 1.09 bits per heavy atom. The summed E-state index contributed by atoms with van der Waals surface area (Å²) in [6.45, 7) is 1.54. The number of rotatable bonds is 6. The molecule has 2 saturated heterocycles. The molecule has 0 spiro atoms. The number of amides is 2. The smallest absolute Gasteiger partial charge is 0.409 e. The molecule has 0 saturated carbocycles. The van der Waals surface area contributed by atoms with E-state index in [4.69, 9.17) is 20.7 Å². The summed E-state index contributed by atoms with van der Waals surface area (Å²) < 4.78 is 44.8. The van der Waals surface area contributed by atoms with Gasteiger partial charge in [0.1, 0.15) is 5.82 Å². The fourth-order valence-electron chi connectivity index (χ4n) is 4.11. The molecule has 0 bridgehead atoms. The van der Waals surface area contributed by atoms with E-state index in [1.165, 1.54) is 7.11 Å². The highest BCUT2D eigenvalue weighted by Crippen LogP contribution is 2.32. The number of carbonyl (C=O) groups is 4. The zero-order valence-electron chi connectivity index (χ0n) is 18.8. The maximum Gasteiger partial charge on any atom is 0.409 e. The number of hydrogen-bond acceptors (Lipinski definition) is 6. The van der Waals surface area contributed by atoms with E-state index in [9.17, 15) is 32.3 Å². The SMILES string of the molecule is COC(=O)N1C[C@@H]2CCN(C(=O)C[C@H](N)Cc3cc(F)c(F)cc3F)[C@@H]2C1.O=C(O)/C=C/C(=O)O. The molecule has 2 fully saturated rings. The monoisotopic (exact) mass is 501 g/mol. The van der Waals surface area contributed by atoms with E-state index in [0.717, 1.165) is 12.5 Å². The predicted molar refractivity (Wildman–Crippen MR) is 115 cm³/mol. The quantitative estimate of drug-likeness (QED) is 0.391. The first-order valence-electron chi connectivity index (χ1n) is 10.6. The molecule has 0 aliphatic carbocycles. The number of aliphatic carboxylic acids is 2. The number of carboxylic acid groups (broad SMARTS) is 2. The zero-order valence-corrected chi connectivity index (χ0v) is 18.8. The largest absolute Gasteiger partial charge is 0.478 e. The van der Waals surface area contributed by atoms with Gasteiger partial charge in [0.05, 0.1) is 13.2 Å². The molecule has 0 radical (unpaired) electrons. The highest BCUT2D eigenvalue weighted by Gasteiger charge is 2.45. The number of likely N-dealkylation sites (tertiary alicyclic amines) is 2.